The maximum atomic E-state index is 13.0. The minimum atomic E-state index is -0.0569. The zero-order valence-electron chi connectivity index (χ0n) is 14.7. The van der Waals surface area contributed by atoms with Crippen LogP contribution in [0.25, 0.3) is 6.08 Å². The molecule has 2 aliphatic heterocycles. The number of ether oxygens (including phenoxy) is 1. The number of amides is 1. The summed E-state index contributed by atoms with van der Waals surface area (Å²) in [4.78, 5) is 15.4. The lowest BCUT2D eigenvalue weighted by Crippen LogP contribution is -2.30. The average Bonchev–Trinajstić information content (AvgIpc) is 3.20. The minimum absolute atomic E-state index is 0.0569. The Morgan fingerprint density at radius 3 is 2.77 bits per heavy atom. The fourth-order valence-corrected chi connectivity index (χ4v) is 4.02. The maximum Gasteiger partial charge on any atom is 0.271 e. The van der Waals surface area contributed by atoms with Crippen molar-refractivity contribution in [3.8, 4) is 5.75 Å². The smallest absolute Gasteiger partial charge is 0.271 e. The van der Waals surface area contributed by atoms with Crippen molar-refractivity contribution in [1.29, 1.82) is 0 Å². The number of rotatable bonds is 3. The lowest BCUT2D eigenvalue weighted by atomic mass is 10.1. The lowest BCUT2D eigenvalue weighted by molar-refractivity contribution is -0.113. The van der Waals surface area contributed by atoms with Crippen LogP contribution in [0.5, 0.6) is 5.75 Å². The van der Waals surface area contributed by atoms with Gasteiger partial charge in [-0.1, -0.05) is 24.3 Å². The van der Waals surface area contributed by atoms with Crippen LogP contribution in [0.2, 0.25) is 0 Å². The number of anilines is 1. The van der Waals surface area contributed by atoms with Crippen molar-refractivity contribution in [3.05, 3.63) is 64.6 Å². The lowest BCUT2D eigenvalue weighted by Gasteiger charge is -2.16. The molecule has 1 amide bonds. The minimum Gasteiger partial charge on any atom is -0.493 e. The number of nitrogens with zero attached hydrogens (tertiary/aromatic N) is 3. The number of amidine groups is 1. The first kappa shape index (κ1) is 16.7. The molecule has 0 bridgehead atoms. The van der Waals surface area contributed by atoms with Gasteiger partial charge in [-0.25, -0.2) is 0 Å². The van der Waals surface area contributed by atoms with E-state index in [1.165, 1.54) is 17.3 Å². The molecule has 1 saturated heterocycles. The number of carbonyl (C=O) groups excluding carboxylic acids is 1. The summed E-state index contributed by atoms with van der Waals surface area (Å²) < 4.78 is 5.55. The van der Waals surface area contributed by atoms with Gasteiger partial charge in [-0.05, 0) is 53.2 Å². The van der Waals surface area contributed by atoms with Crippen LogP contribution in [-0.2, 0) is 11.2 Å². The highest BCUT2D eigenvalue weighted by molar-refractivity contribution is 8.19. The second-order valence-corrected chi connectivity index (χ2v) is 7.29. The monoisotopic (exact) mass is 365 g/mol. The van der Waals surface area contributed by atoms with Gasteiger partial charge in [-0.2, -0.15) is 5.10 Å². The standard InChI is InChI=1S/C20H19N3O2S/c1-22(2)21-20-23(16-6-4-3-5-7-16)19(24)18(26-20)13-14-8-9-17-15(12-14)10-11-25-17/h3-9,12-13H,10-11H2,1-2H3/b18-13-,21-20+. The van der Waals surface area contributed by atoms with Crippen LogP contribution in [0.3, 0.4) is 0 Å². The highest BCUT2D eigenvalue weighted by atomic mass is 32.2. The molecule has 0 aliphatic carbocycles. The number of thioether (sulfide) groups is 1. The largest absolute Gasteiger partial charge is 0.493 e. The summed E-state index contributed by atoms with van der Waals surface area (Å²) in [6.45, 7) is 0.727. The normalized spacial score (nSPS) is 19.2. The Morgan fingerprint density at radius 1 is 1.19 bits per heavy atom. The molecule has 6 heteroatoms. The van der Waals surface area contributed by atoms with Gasteiger partial charge >= 0.3 is 0 Å². The molecule has 0 saturated carbocycles. The highest BCUT2D eigenvalue weighted by Gasteiger charge is 2.35. The second-order valence-electron chi connectivity index (χ2n) is 6.28. The van der Waals surface area contributed by atoms with Gasteiger partial charge in [0.05, 0.1) is 17.2 Å². The molecule has 0 radical (unpaired) electrons. The van der Waals surface area contributed by atoms with Gasteiger partial charge in [0.1, 0.15) is 5.75 Å². The van der Waals surface area contributed by atoms with E-state index in [1.54, 1.807) is 9.91 Å². The zero-order chi connectivity index (χ0) is 18.1. The summed E-state index contributed by atoms with van der Waals surface area (Å²) in [6, 6.07) is 15.7. The van der Waals surface area contributed by atoms with E-state index >= 15 is 0 Å². The molecule has 1 fully saturated rings. The highest BCUT2D eigenvalue weighted by Crippen LogP contribution is 2.36. The van der Waals surface area contributed by atoms with E-state index in [2.05, 4.69) is 11.2 Å². The predicted molar refractivity (Wildman–Crippen MR) is 106 cm³/mol. The number of fused-ring (bicyclic) bond motifs is 1. The van der Waals surface area contributed by atoms with Crippen LogP contribution in [0.15, 0.2) is 58.5 Å². The Morgan fingerprint density at radius 2 is 2.00 bits per heavy atom. The fraction of sp³-hybridized carbons (Fsp3) is 0.200. The van der Waals surface area contributed by atoms with Crippen molar-refractivity contribution in [2.75, 3.05) is 25.6 Å². The van der Waals surface area contributed by atoms with Crippen molar-refractivity contribution < 1.29 is 9.53 Å². The topological polar surface area (TPSA) is 45.1 Å². The van der Waals surface area contributed by atoms with Gasteiger partial charge in [0.25, 0.3) is 5.91 Å². The first-order valence-corrected chi connectivity index (χ1v) is 9.24. The number of hydrogen-bond acceptors (Lipinski definition) is 5. The van der Waals surface area contributed by atoms with Gasteiger partial charge in [-0.15, -0.1) is 0 Å². The predicted octanol–water partition coefficient (Wildman–Crippen LogP) is 3.58. The number of hydrazone groups is 1. The molecule has 132 valence electrons. The van der Waals surface area contributed by atoms with Crippen LogP contribution in [0.1, 0.15) is 11.1 Å². The molecule has 0 unspecified atom stereocenters. The van der Waals surface area contributed by atoms with E-state index in [9.17, 15) is 4.79 Å². The van der Waals surface area contributed by atoms with Crippen molar-refractivity contribution in [2.45, 2.75) is 6.42 Å². The first-order valence-electron chi connectivity index (χ1n) is 8.42. The van der Waals surface area contributed by atoms with E-state index in [-0.39, 0.29) is 5.91 Å². The van der Waals surface area contributed by atoms with E-state index in [0.29, 0.717) is 10.1 Å². The maximum absolute atomic E-state index is 13.0. The van der Waals surface area contributed by atoms with Crippen LogP contribution >= 0.6 is 11.8 Å². The second kappa shape index (κ2) is 6.88. The molecule has 2 heterocycles. The van der Waals surface area contributed by atoms with Crippen molar-refractivity contribution in [1.82, 2.24) is 5.01 Å². The third kappa shape index (κ3) is 3.20. The van der Waals surface area contributed by atoms with Gasteiger partial charge in [0.2, 0.25) is 0 Å². The summed E-state index contributed by atoms with van der Waals surface area (Å²) in [5.41, 5.74) is 3.01. The summed E-state index contributed by atoms with van der Waals surface area (Å²) in [5, 5.41) is 6.86. The van der Waals surface area contributed by atoms with E-state index in [4.69, 9.17) is 4.74 Å². The molecular formula is C20H19N3O2S. The van der Waals surface area contributed by atoms with Crippen molar-refractivity contribution in [3.63, 3.8) is 0 Å². The molecule has 5 nitrogen and oxygen atoms in total. The Bertz CT molecular complexity index is 907. The van der Waals surface area contributed by atoms with Gasteiger partial charge in [0.15, 0.2) is 5.17 Å². The Balaban J connectivity index is 1.71. The molecule has 2 aromatic carbocycles. The van der Waals surface area contributed by atoms with Crippen LogP contribution in [-0.4, -0.2) is 36.8 Å². The quantitative estimate of drug-likeness (QED) is 0.616. The van der Waals surface area contributed by atoms with Crippen molar-refractivity contribution in [2.24, 2.45) is 5.10 Å². The zero-order valence-corrected chi connectivity index (χ0v) is 15.5. The summed E-state index contributed by atoms with van der Waals surface area (Å²) in [6.07, 6.45) is 2.84. The summed E-state index contributed by atoms with van der Waals surface area (Å²) in [5.74, 6) is 0.886. The molecule has 2 aliphatic rings. The Hall–Kier alpha value is -2.73. The molecule has 0 spiro atoms. The van der Waals surface area contributed by atoms with Crippen LogP contribution < -0.4 is 9.64 Å². The number of benzene rings is 2. The fourth-order valence-electron chi connectivity index (χ4n) is 2.96. The third-order valence-corrected chi connectivity index (χ3v) is 5.08. The summed E-state index contributed by atoms with van der Waals surface area (Å²) in [7, 11) is 3.70. The van der Waals surface area contributed by atoms with Crippen LogP contribution in [0, 0.1) is 0 Å². The van der Waals surface area contributed by atoms with Crippen LogP contribution in [0.4, 0.5) is 5.69 Å². The molecule has 2 aromatic rings. The van der Waals surface area contributed by atoms with Gasteiger partial charge in [0, 0.05) is 20.5 Å². The Labute approximate surface area is 156 Å². The number of hydrogen-bond donors (Lipinski definition) is 0. The van der Waals surface area contributed by atoms with Gasteiger partial charge < -0.3 is 9.75 Å². The molecule has 0 aromatic heterocycles. The van der Waals surface area contributed by atoms with E-state index < -0.39 is 0 Å². The molecule has 0 N–H and O–H groups in total. The van der Waals surface area contributed by atoms with Gasteiger partial charge in [-0.3, -0.25) is 9.69 Å². The Kier molecular flexibility index (Phi) is 4.42. The SMILES string of the molecule is CN(C)/N=C1/S/C(=C\c2ccc3c(c2)CCO3)C(=O)N1c1ccccc1. The van der Waals surface area contributed by atoms with Crippen molar-refractivity contribution >= 4 is 34.6 Å². The molecule has 26 heavy (non-hydrogen) atoms. The summed E-state index contributed by atoms with van der Waals surface area (Å²) >= 11 is 1.39. The molecule has 0 atom stereocenters. The number of carbonyl (C=O) groups is 1. The molecule has 4 rings (SSSR count). The van der Waals surface area contributed by atoms with E-state index in [0.717, 1.165) is 30.0 Å². The van der Waals surface area contributed by atoms with E-state index in [1.807, 2.05) is 62.6 Å². The number of para-hydroxylation sites is 1. The average molecular weight is 365 g/mol. The molecular weight excluding hydrogens is 346 g/mol. The third-order valence-electron chi connectivity index (χ3n) is 4.12. The first-order chi connectivity index (χ1) is 12.6.